The van der Waals surface area contributed by atoms with Gasteiger partial charge in [0.1, 0.15) is 16.0 Å². The summed E-state index contributed by atoms with van der Waals surface area (Å²) in [6.07, 6.45) is 3.53. The minimum absolute atomic E-state index is 0.175. The van der Waals surface area contributed by atoms with Crippen molar-refractivity contribution in [2.45, 2.75) is 36.4 Å². The highest BCUT2D eigenvalue weighted by molar-refractivity contribution is 9.10. The number of ether oxygens (including phenoxy) is 2. The van der Waals surface area contributed by atoms with E-state index in [1.54, 1.807) is 14.2 Å². The highest BCUT2D eigenvalue weighted by atomic mass is 79.9. The number of hydrogen-bond acceptors (Lipinski definition) is 2. The van der Waals surface area contributed by atoms with Gasteiger partial charge < -0.3 is 9.47 Å². The normalized spacial score (nSPS) is 27.3. The molecule has 0 saturated heterocycles. The molecule has 1 fully saturated rings. The lowest BCUT2D eigenvalue weighted by atomic mass is 9.80. The second-order valence-corrected chi connectivity index (χ2v) is 7.15. The Balaban J connectivity index is 2.48. The second-order valence-electron chi connectivity index (χ2n) is 5.06. The molecule has 4 heteroatoms. The van der Waals surface area contributed by atoms with Crippen LogP contribution in [0.2, 0.25) is 0 Å². The van der Waals surface area contributed by atoms with E-state index >= 15 is 0 Å². The highest BCUT2D eigenvalue weighted by Crippen LogP contribution is 2.49. The van der Waals surface area contributed by atoms with Crippen molar-refractivity contribution in [1.82, 2.24) is 0 Å². The maximum atomic E-state index is 5.59. The van der Waals surface area contributed by atoms with Crippen LogP contribution < -0.4 is 9.47 Å². The van der Waals surface area contributed by atoms with Crippen molar-refractivity contribution in [2.75, 3.05) is 14.2 Å². The van der Waals surface area contributed by atoms with E-state index in [0.717, 1.165) is 22.4 Å². The van der Waals surface area contributed by atoms with Gasteiger partial charge in [0.05, 0.1) is 14.2 Å². The predicted octanol–water partition coefficient (Wildman–Crippen LogP) is 4.67. The van der Waals surface area contributed by atoms with E-state index in [-0.39, 0.29) is 5.41 Å². The SMILES string of the molecule is COc1ccc(C2(C)CCC(Br)C2)c(OC)c1Br. The number of halogens is 2. The van der Waals surface area contributed by atoms with Gasteiger partial charge >= 0.3 is 0 Å². The number of benzene rings is 1. The molecule has 0 spiro atoms. The fourth-order valence-electron chi connectivity index (χ4n) is 2.78. The molecule has 0 radical (unpaired) electrons. The van der Waals surface area contributed by atoms with Crippen molar-refractivity contribution in [3.63, 3.8) is 0 Å². The van der Waals surface area contributed by atoms with Gasteiger partial charge in [0, 0.05) is 10.4 Å². The fourth-order valence-corrected chi connectivity index (χ4v) is 4.40. The van der Waals surface area contributed by atoms with Crippen molar-refractivity contribution in [1.29, 1.82) is 0 Å². The molecular weight excluding hydrogens is 360 g/mol. The van der Waals surface area contributed by atoms with Crippen LogP contribution in [0.3, 0.4) is 0 Å². The van der Waals surface area contributed by atoms with Crippen LogP contribution in [0.25, 0.3) is 0 Å². The predicted molar refractivity (Wildman–Crippen MR) is 81.2 cm³/mol. The fraction of sp³-hybridized carbons (Fsp3) is 0.571. The molecule has 0 N–H and O–H groups in total. The third-order valence-corrected chi connectivity index (χ3v) is 5.35. The summed E-state index contributed by atoms with van der Waals surface area (Å²) in [4.78, 5) is 0.605. The van der Waals surface area contributed by atoms with Gasteiger partial charge in [-0.15, -0.1) is 0 Å². The molecule has 0 amide bonds. The van der Waals surface area contributed by atoms with Crippen LogP contribution in [0.15, 0.2) is 16.6 Å². The zero-order valence-corrected chi connectivity index (χ0v) is 14.1. The van der Waals surface area contributed by atoms with E-state index in [4.69, 9.17) is 9.47 Å². The average Bonchev–Trinajstić information content (AvgIpc) is 2.70. The molecule has 1 aliphatic rings. The molecule has 18 heavy (non-hydrogen) atoms. The summed E-state index contributed by atoms with van der Waals surface area (Å²) in [6, 6.07) is 4.14. The smallest absolute Gasteiger partial charge is 0.140 e. The van der Waals surface area contributed by atoms with Crippen molar-refractivity contribution >= 4 is 31.9 Å². The van der Waals surface area contributed by atoms with E-state index < -0.39 is 0 Å². The van der Waals surface area contributed by atoms with E-state index in [1.807, 2.05) is 6.07 Å². The van der Waals surface area contributed by atoms with Crippen LogP contribution in [-0.4, -0.2) is 19.0 Å². The van der Waals surface area contributed by atoms with Crippen LogP contribution in [0, 0.1) is 0 Å². The molecule has 2 rings (SSSR count). The highest BCUT2D eigenvalue weighted by Gasteiger charge is 2.38. The standard InChI is InChI=1S/C14H18Br2O2/c1-14(7-6-9(15)8-14)10-4-5-11(17-2)12(16)13(10)18-3/h4-5,9H,6-8H2,1-3H3. The molecule has 2 unspecified atom stereocenters. The lowest BCUT2D eigenvalue weighted by molar-refractivity contribution is 0.371. The van der Waals surface area contributed by atoms with Gasteiger partial charge in [-0.2, -0.15) is 0 Å². The quantitative estimate of drug-likeness (QED) is 0.712. The second kappa shape index (κ2) is 5.41. The van der Waals surface area contributed by atoms with Gasteiger partial charge in [0.2, 0.25) is 0 Å². The Labute approximate surface area is 125 Å². The van der Waals surface area contributed by atoms with Gasteiger partial charge in [0.25, 0.3) is 0 Å². The van der Waals surface area contributed by atoms with Crippen LogP contribution in [0.4, 0.5) is 0 Å². The molecule has 2 nitrogen and oxygen atoms in total. The third-order valence-electron chi connectivity index (χ3n) is 3.82. The largest absolute Gasteiger partial charge is 0.495 e. The molecule has 0 aromatic heterocycles. The van der Waals surface area contributed by atoms with E-state index in [9.17, 15) is 0 Å². The van der Waals surface area contributed by atoms with E-state index in [1.165, 1.54) is 18.4 Å². The Morgan fingerprint density at radius 1 is 1.28 bits per heavy atom. The topological polar surface area (TPSA) is 18.5 Å². The molecule has 1 aliphatic carbocycles. The lowest BCUT2D eigenvalue weighted by Gasteiger charge is -2.27. The van der Waals surface area contributed by atoms with Crippen molar-refractivity contribution in [2.24, 2.45) is 0 Å². The molecule has 0 aliphatic heterocycles. The maximum Gasteiger partial charge on any atom is 0.140 e. The summed E-state index contributed by atoms with van der Waals surface area (Å²) >= 11 is 7.30. The van der Waals surface area contributed by atoms with Gasteiger partial charge in [-0.25, -0.2) is 0 Å². The van der Waals surface area contributed by atoms with Crippen LogP contribution in [0.1, 0.15) is 31.7 Å². The molecule has 2 atom stereocenters. The Bertz CT molecular complexity index is 448. The number of hydrogen-bond donors (Lipinski definition) is 0. The van der Waals surface area contributed by atoms with Gasteiger partial charge in [-0.3, -0.25) is 0 Å². The van der Waals surface area contributed by atoms with E-state index in [2.05, 4.69) is 44.8 Å². The number of methoxy groups -OCH3 is 2. The Hall–Kier alpha value is -0.220. The monoisotopic (exact) mass is 376 g/mol. The van der Waals surface area contributed by atoms with Crippen LogP contribution >= 0.6 is 31.9 Å². The first-order valence-electron chi connectivity index (χ1n) is 6.07. The molecule has 100 valence electrons. The summed E-state index contributed by atoms with van der Waals surface area (Å²) in [7, 11) is 3.39. The first-order valence-corrected chi connectivity index (χ1v) is 7.77. The minimum Gasteiger partial charge on any atom is -0.495 e. The van der Waals surface area contributed by atoms with Gasteiger partial charge in [-0.05, 0) is 46.7 Å². The summed E-state index contributed by atoms with van der Waals surface area (Å²) in [6.45, 7) is 2.31. The van der Waals surface area contributed by atoms with Crippen molar-refractivity contribution in [3.8, 4) is 11.5 Å². The molecule has 0 heterocycles. The number of rotatable bonds is 3. The first kappa shape index (κ1) is 14.2. The van der Waals surface area contributed by atoms with Crippen molar-refractivity contribution < 1.29 is 9.47 Å². The zero-order chi connectivity index (χ0) is 13.3. The lowest BCUT2D eigenvalue weighted by Crippen LogP contribution is -2.19. The van der Waals surface area contributed by atoms with Crippen LogP contribution in [-0.2, 0) is 5.41 Å². The third kappa shape index (κ3) is 2.42. The van der Waals surface area contributed by atoms with Crippen molar-refractivity contribution in [3.05, 3.63) is 22.2 Å². The molecular formula is C14H18Br2O2. The summed E-state index contributed by atoms with van der Waals surface area (Å²) in [5, 5.41) is 0. The Kier molecular flexibility index (Phi) is 4.27. The Morgan fingerprint density at radius 3 is 2.50 bits per heavy atom. The summed E-state index contributed by atoms with van der Waals surface area (Å²) in [5.41, 5.74) is 1.44. The van der Waals surface area contributed by atoms with E-state index in [0.29, 0.717) is 4.83 Å². The molecule has 0 bridgehead atoms. The maximum absolute atomic E-state index is 5.59. The number of alkyl halides is 1. The van der Waals surface area contributed by atoms with Gasteiger partial charge in [0.15, 0.2) is 0 Å². The minimum atomic E-state index is 0.175. The first-order chi connectivity index (χ1) is 8.51. The average molecular weight is 378 g/mol. The summed E-state index contributed by atoms with van der Waals surface area (Å²) < 4.78 is 11.8. The van der Waals surface area contributed by atoms with Gasteiger partial charge in [-0.1, -0.05) is 28.9 Å². The summed E-state index contributed by atoms with van der Waals surface area (Å²) in [5.74, 6) is 1.71. The van der Waals surface area contributed by atoms with Crippen LogP contribution in [0.5, 0.6) is 11.5 Å². The molecule has 1 aromatic rings. The molecule has 1 aromatic carbocycles. The zero-order valence-electron chi connectivity index (χ0n) is 10.9. The molecule has 1 saturated carbocycles. The Morgan fingerprint density at radius 2 is 2.00 bits per heavy atom.